The van der Waals surface area contributed by atoms with Crippen molar-refractivity contribution in [1.82, 2.24) is 0 Å². The van der Waals surface area contributed by atoms with Crippen LogP contribution in [0.4, 0.5) is 0 Å². The van der Waals surface area contributed by atoms with Gasteiger partial charge in [-0.15, -0.1) is 0 Å². The van der Waals surface area contributed by atoms with Gasteiger partial charge in [0, 0.05) is 5.56 Å². The largest absolute Gasteiger partial charge is 0.494 e. The Bertz CT molecular complexity index is 334. The van der Waals surface area contributed by atoms with Crippen LogP contribution in [0.3, 0.4) is 0 Å². The van der Waals surface area contributed by atoms with Crippen LogP contribution in [-0.4, -0.2) is 17.7 Å². The van der Waals surface area contributed by atoms with Crippen LogP contribution in [0.2, 0.25) is 0 Å². The van der Waals surface area contributed by atoms with Crippen molar-refractivity contribution in [2.45, 2.75) is 13.8 Å². The zero-order valence-corrected chi connectivity index (χ0v) is 9.93. The number of carbonyl (C=O) groups is 1. The van der Waals surface area contributed by atoms with Crippen molar-refractivity contribution >= 4 is 21.7 Å². The van der Waals surface area contributed by atoms with Gasteiger partial charge in [-0.3, -0.25) is 4.79 Å². The number of aryl methyl sites for hydroxylation is 1. The highest BCUT2D eigenvalue weighted by Crippen LogP contribution is 2.19. The molecule has 1 rings (SSSR count). The van der Waals surface area contributed by atoms with Gasteiger partial charge < -0.3 is 4.74 Å². The number of ketones is 1. The molecule has 0 fully saturated rings. The van der Waals surface area contributed by atoms with Gasteiger partial charge in [0.15, 0.2) is 5.78 Å². The van der Waals surface area contributed by atoms with Crippen molar-refractivity contribution in [2.75, 3.05) is 11.9 Å². The van der Waals surface area contributed by atoms with E-state index in [1.54, 1.807) is 6.07 Å². The first-order chi connectivity index (χ1) is 6.69. The molecule has 0 heterocycles. The highest BCUT2D eigenvalue weighted by molar-refractivity contribution is 9.09. The fourth-order valence-corrected chi connectivity index (χ4v) is 1.54. The molecule has 0 amide bonds. The van der Waals surface area contributed by atoms with Crippen LogP contribution in [0, 0.1) is 6.92 Å². The van der Waals surface area contributed by atoms with Gasteiger partial charge in [0.25, 0.3) is 0 Å². The summed E-state index contributed by atoms with van der Waals surface area (Å²) >= 11 is 3.14. The second-order valence-electron chi connectivity index (χ2n) is 2.97. The highest BCUT2D eigenvalue weighted by atomic mass is 79.9. The van der Waals surface area contributed by atoms with Gasteiger partial charge in [-0.25, -0.2) is 0 Å². The van der Waals surface area contributed by atoms with E-state index in [9.17, 15) is 4.79 Å². The number of benzene rings is 1. The van der Waals surface area contributed by atoms with E-state index in [1.165, 1.54) is 0 Å². The third kappa shape index (κ3) is 2.58. The van der Waals surface area contributed by atoms with Crippen molar-refractivity contribution in [3.8, 4) is 5.75 Å². The molecule has 2 nitrogen and oxygen atoms in total. The minimum Gasteiger partial charge on any atom is -0.494 e. The SMILES string of the molecule is CCOc1ccc(C(=O)CBr)cc1C. The lowest BCUT2D eigenvalue weighted by Gasteiger charge is -2.07. The Balaban J connectivity index is 2.94. The molecule has 0 saturated heterocycles. The van der Waals surface area contributed by atoms with Crippen molar-refractivity contribution in [3.05, 3.63) is 29.3 Å². The first-order valence-corrected chi connectivity index (χ1v) is 5.63. The van der Waals surface area contributed by atoms with Crippen molar-refractivity contribution < 1.29 is 9.53 Å². The van der Waals surface area contributed by atoms with Crippen LogP contribution in [0.1, 0.15) is 22.8 Å². The lowest BCUT2D eigenvalue weighted by Crippen LogP contribution is -2.01. The molecule has 1 aromatic carbocycles. The summed E-state index contributed by atoms with van der Waals surface area (Å²) < 4.78 is 5.38. The molecule has 14 heavy (non-hydrogen) atoms. The Morgan fingerprint density at radius 2 is 2.21 bits per heavy atom. The molecule has 0 N–H and O–H groups in total. The van der Waals surface area contributed by atoms with Gasteiger partial charge in [0.1, 0.15) is 5.75 Å². The minimum atomic E-state index is 0.0937. The van der Waals surface area contributed by atoms with E-state index in [0.717, 1.165) is 16.9 Å². The summed E-state index contributed by atoms with van der Waals surface area (Å²) in [6.07, 6.45) is 0. The molecule has 0 radical (unpaired) electrons. The van der Waals surface area contributed by atoms with E-state index in [2.05, 4.69) is 15.9 Å². The molecule has 0 saturated carbocycles. The monoisotopic (exact) mass is 256 g/mol. The molecule has 0 unspecified atom stereocenters. The van der Waals surface area contributed by atoms with Crippen LogP contribution < -0.4 is 4.74 Å². The Labute approximate surface area is 92.4 Å². The molecule has 0 aromatic heterocycles. The third-order valence-electron chi connectivity index (χ3n) is 1.92. The maximum Gasteiger partial charge on any atom is 0.173 e. The Morgan fingerprint density at radius 1 is 1.50 bits per heavy atom. The summed E-state index contributed by atoms with van der Waals surface area (Å²) in [5.74, 6) is 0.940. The van der Waals surface area contributed by atoms with Gasteiger partial charge in [-0.05, 0) is 37.6 Å². The van der Waals surface area contributed by atoms with Crippen LogP contribution in [-0.2, 0) is 0 Å². The van der Waals surface area contributed by atoms with Gasteiger partial charge >= 0.3 is 0 Å². The van der Waals surface area contributed by atoms with Crippen molar-refractivity contribution in [2.24, 2.45) is 0 Å². The number of Topliss-reactive ketones (excluding diaryl/α,β-unsaturated/α-hetero) is 1. The predicted molar refractivity (Wildman–Crippen MR) is 60.5 cm³/mol. The Morgan fingerprint density at radius 3 is 2.71 bits per heavy atom. The summed E-state index contributed by atoms with van der Waals surface area (Å²) in [4.78, 5) is 11.3. The molecule has 3 heteroatoms. The number of carbonyl (C=O) groups excluding carboxylic acids is 1. The van der Waals surface area contributed by atoms with Gasteiger partial charge in [0.2, 0.25) is 0 Å². The quantitative estimate of drug-likeness (QED) is 0.612. The number of hydrogen-bond acceptors (Lipinski definition) is 2. The van der Waals surface area contributed by atoms with Gasteiger partial charge in [0.05, 0.1) is 11.9 Å². The zero-order valence-electron chi connectivity index (χ0n) is 8.34. The van der Waals surface area contributed by atoms with Crippen LogP contribution in [0.25, 0.3) is 0 Å². The normalized spacial score (nSPS) is 9.93. The topological polar surface area (TPSA) is 26.3 Å². The second-order valence-corrected chi connectivity index (χ2v) is 3.53. The van der Waals surface area contributed by atoms with E-state index in [0.29, 0.717) is 11.9 Å². The summed E-state index contributed by atoms with van der Waals surface area (Å²) in [5.41, 5.74) is 1.72. The smallest absolute Gasteiger partial charge is 0.173 e. The molecule has 0 aliphatic rings. The van der Waals surface area contributed by atoms with Crippen molar-refractivity contribution in [3.63, 3.8) is 0 Å². The fraction of sp³-hybridized carbons (Fsp3) is 0.364. The lowest BCUT2D eigenvalue weighted by atomic mass is 10.1. The molecule has 0 spiro atoms. The maximum atomic E-state index is 11.3. The predicted octanol–water partition coefficient (Wildman–Crippen LogP) is 2.97. The number of halogens is 1. The first kappa shape index (κ1) is 11.2. The van der Waals surface area contributed by atoms with E-state index < -0.39 is 0 Å². The summed E-state index contributed by atoms with van der Waals surface area (Å²) in [6, 6.07) is 5.49. The van der Waals surface area contributed by atoms with Gasteiger partial charge in [-0.2, -0.15) is 0 Å². The van der Waals surface area contributed by atoms with E-state index in [1.807, 2.05) is 26.0 Å². The number of alkyl halides is 1. The summed E-state index contributed by atoms with van der Waals surface area (Å²) in [7, 11) is 0. The average molecular weight is 257 g/mol. The van der Waals surface area contributed by atoms with E-state index >= 15 is 0 Å². The van der Waals surface area contributed by atoms with Gasteiger partial charge in [-0.1, -0.05) is 15.9 Å². The Kier molecular flexibility index (Phi) is 4.14. The molecule has 76 valence electrons. The first-order valence-electron chi connectivity index (χ1n) is 4.51. The van der Waals surface area contributed by atoms with E-state index in [-0.39, 0.29) is 5.78 Å². The maximum absolute atomic E-state index is 11.3. The second kappa shape index (κ2) is 5.15. The molecule has 0 atom stereocenters. The zero-order chi connectivity index (χ0) is 10.6. The van der Waals surface area contributed by atoms with Crippen molar-refractivity contribution in [1.29, 1.82) is 0 Å². The summed E-state index contributed by atoms with van der Waals surface area (Å²) in [6.45, 7) is 4.53. The number of hydrogen-bond donors (Lipinski definition) is 0. The molecular weight excluding hydrogens is 244 g/mol. The highest BCUT2D eigenvalue weighted by Gasteiger charge is 2.06. The standard InChI is InChI=1S/C11H13BrO2/c1-3-14-11-5-4-9(6-8(11)2)10(13)7-12/h4-6H,3,7H2,1-2H3. The number of rotatable bonds is 4. The summed E-state index contributed by atoms with van der Waals surface area (Å²) in [5, 5.41) is 0.362. The molecular formula is C11H13BrO2. The molecule has 1 aromatic rings. The third-order valence-corrected chi connectivity index (χ3v) is 2.43. The molecule has 0 aliphatic carbocycles. The fourth-order valence-electron chi connectivity index (χ4n) is 1.22. The Hall–Kier alpha value is -0.830. The molecule has 0 bridgehead atoms. The average Bonchev–Trinajstić information content (AvgIpc) is 2.20. The number of ether oxygens (including phenoxy) is 1. The minimum absolute atomic E-state index is 0.0937. The van der Waals surface area contributed by atoms with Crippen LogP contribution in [0.15, 0.2) is 18.2 Å². The van der Waals surface area contributed by atoms with Crippen LogP contribution >= 0.6 is 15.9 Å². The van der Waals surface area contributed by atoms with E-state index in [4.69, 9.17) is 4.74 Å². The lowest BCUT2D eigenvalue weighted by molar-refractivity contribution is 0.102. The van der Waals surface area contributed by atoms with Crippen LogP contribution in [0.5, 0.6) is 5.75 Å². The molecule has 0 aliphatic heterocycles.